The summed E-state index contributed by atoms with van der Waals surface area (Å²) in [4.78, 5) is 0. The minimum Gasteiger partial charge on any atom is -0.371 e. The molecule has 16 heavy (non-hydrogen) atoms. The molecule has 0 radical (unpaired) electrons. The highest BCUT2D eigenvalue weighted by molar-refractivity contribution is 5.24. The Morgan fingerprint density at radius 2 is 2.06 bits per heavy atom. The number of hydrogen-bond acceptors (Lipinski definition) is 2. The molecule has 0 aromatic heterocycles. The number of nitrogens with one attached hydrogen (secondary N) is 1. The average Bonchev–Trinajstić information content (AvgIpc) is 2.32. The van der Waals surface area contributed by atoms with Gasteiger partial charge in [0, 0.05) is 12.6 Å². The smallest absolute Gasteiger partial charge is 0.0950 e. The summed E-state index contributed by atoms with van der Waals surface area (Å²) in [6, 6.07) is 9.33. The Kier molecular flexibility index (Phi) is 3.97. The molecule has 88 valence electrons. The van der Waals surface area contributed by atoms with E-state index in [9.17, 15) is 0 Å². The van der Waals surface area contributed by atoms with Crippen LogP contribution < -0.4 is 5.32 Å². The van der Waals surface area contributed by atoms with Gasteiger partial charge in [-0.1, -0.05) is 37.6 Å². The summed E-state index contributed by atoms with van der Waals surface area (Å²) >= 11 is 0. The van der Waals surface area contributed by atoms with Crippen molar-refractivity contribution in [3.63, 3.8) is 0 Å². The average molecular weight is 219 g/mol. The third-order valence-electron chi connectivity index (χ3n) is 3.09. The van der Waals surface area contributed by atoms with Crippen molar-refractivity contribution in [2.75, 3.05) is 13.2 Å². The molecule has 1 aromatic carbocycles. The summed E-state index contributed by atoms with van der Waals surface area (Å²) in [6.45, 7) is 6.10. The normalized spacial score (nSPS) is 25.6. The molecule has 0 bridgehead atoms. The second-order valence-electron chi connectivity index (χ2n) is 4.62. The topological polar surface area (TPSA) is 21.3 Å². The van der Waals surface area contributed by atoms with E-state index < -0.39 is 0 Å². The van der Waals surface area contributed by atoms with Gasteiger partial charge >= 0.3 is 0 Å². The molecule has 2 atom stereocenters. The van der Waals surface area contributed by atoms with Gasteiger partial charge in [0.05, 0.1) is 12.7 Å². The van der Waals surface area contributed by atoms with E-state index in [1.807, 2.05) is 0 Å². The van der Waals surface area contributed by atoms with E-state index >= 15 is 0 Å². The van der Waals surface area contributed by atoms with Crippen LogP contribution in [0.2, 0.25) is 0 Å². The molecule has 2 nitrogen and oxygen atoms in total. The van der Waals surface area contributed by atoms with Crippen molar-refractivity contribution < 1.29 is 4.74 Å². The molecule has 1 aromatic rings. The van der Waals surface area contributed by atoms with Gasteiger partial charge in [-0.05, 0) is 24.5 Å². The van der Waals surface area contributed by atoms with Crippen molar-refractivity contribution in [1.29, 1.82) is 0 Å². The minimum absolute atomic E-state index is 0.229. The fourth-order valence-corrected chi connectivity index (χ4v) is 2.09. The highest BCUT2D eigenvalue weighted by atomic mass is 16.5. The molecule has 0 aliphatic carbocycles. The first-order valence-corrected chi connectivity index (χ1v) is 6.23. The molecular weight excluding hydrogens is 198 g/mol. The summed E-state index contributed by atoms with van der Waals surface area (Å²) < 4.78 is 5.81. The monoisotopic (exact) mass is 219 g/mol. The van der Waals surface area contributed by atoms with Crippen molar-refractivity contribution in [3.8, 4) is 0 Å². The number of rotatable bonds is 3. The SMILES string of the molecule is CCCc1ccc(C2CNC(C)CO2)cc1. The number of aryl methyl sites for hydroxylation is 1. The van der Waals surface area contributed by atoms with E-state index in [0.29, 0.717) is 6.04 Å². The Bertz CT molecular complexity index is 312. The van der Waals surface area contributed by atoms with Crippen LogP contribution in [0.3, 0.4) is 0 Å². The zero-order valence-corrected chi connectivity index (χ0v) is 10.2. The molecule has 0 saturated carbocycles. The van der Waals surface area contributed by atoms with E-state index in [0.717, 1.165) is 13.2 Å². The molecule has 1 saturated heterocycles. The van der Waals surface area contributed by atoms with E-state index in [-0.39, 0.29) is 6.10 Å². The number of morpholine rings is 1. The van der Waals surface area contributed by atoms with Gasteiger partial charge in [-0.3, -0.25) is 0 Å². The van der Waals surface area contributed by atoms with Crippen molar-refractivity contribution in [1.82, 2.24) is 5.32 Å². The predicted octanol–water partition coefficient (Wildman–Crippen LogP) is 2.69. The fraction of sp³-hybridized carbons (Fsp3) is 0.571. The molecular formula is C14H21NO. The van der Waals surface area contributed by atoms with Gasteiger partial charge in [0.2, 0.25) is 0 Å². The van der Waals surface area contributed by atoms with Gasteiger partial charge in [0.1, 0.15) is 0 Å². The zero-order valence-electron chi connectivity index (χ0n) is 10.2. The van der Waals surface area contributed by atoms with Gasteiger partial charge in [-0.15, -0.1) is 0 Å². The maximum atomic E-state index is 5.81. The van der Waals surface area contributed by atoms with Crippen LogP contribution in [0.15, 0.2) is 24.3 Å². The van der Waals surface area contributed by atoms with Crippen LogP contribution in [0.4, 0.5) is 0 Å². The van der Waals surface area contributed by atoms with E-state index in [1.54, 1.807) is 0 Å². The highest BCUT2D eigenvalue weighted by Crippen LogP contribution is 2.20. The van der Waals surface area contributed by atoms with Crippen LogP contribution in [-0.4, -0.2) is 19.2 Å². The fourth-order valence-electron chi connectivity index (χ4n) is 2.09. The van der Waals surface area contributed by atoms with Gasteiger partial charge in [0.15, 0.2) is 0 Å². The van der Waals surface area contributed by atoms with Crippen molar-refractivity contribution >= 4 is 0 Å². The maximum absolute atomic E-state index is 5.81. The third kappa shape index (κ3) is 2.83. The lowest BCUT2D eigenvalue weighted by Crippen LogP contribution is -2.40. The largest absolute Gasteiger partial charge is 0.371 e. The van der Waals surface area contributed by atoms with Crippen LogP contribution in [0.25, 0.3) is 0 Å². The van der Waals surface area contributed by atoms with E-state index in [2.05, 4.69) is 43.4 Å². The zero-order chi connectivity index (χ0) is 11.4. The Labute approximate surface area is 98.0 Å². The quantitative estimate of drug-likeness (QED) is 0.844. The Morgan fingerprint density at radius 1 is 1.31 bits per heavy atom. The first-order valence-electron chi connectivity index (χ1n) is 6.23. The molecule has 1 heterocycles. The van der Waals surface area contributed by atoms with Crippen LogP contribution in [0, 0.1) is 0 Å². The number of ether oxygens (including phenoxy) is 1. The Balaban J connectivity index is 1.98. The third-order valence-corrected chi connectivity index (χ3v) is 3.09. The van der Waals surface area contributed by atoms with Crippen LogP contribution in [-0.2, 0) is 11.2 Å². The molecule has 2 heteroatoms. The Hall–Kier alpha value is -0.860. The Morgan fingerprint density at radius 3 is 2.62 bits per heavy atom. The summed E-state index contributed by atoms with van der Waals surface area (Å²) in [7, 11) is 0. The molecule has 1 fully saturated rings. The lowest BCUT2D eigenvalue weighted by molar-refractivity contribution is 0.00694. The van der Waals surface area contributed by atoms with Crippen LogP contribution >= 0.6 is 0 Å². The summed E-state index contributed by atoms with van der Waals surface area (Å²) in [6.07, 6.45) is 2.60. The second kappa shape index (κ2) is 5.46. The standard InChI is InChI=1S/C14H21NO/c1-3-4-12-5-7-13(8-6-12)14-9-15-11(2)10-16-14/h5-8,11,14-15H,3-4,9-10H2,1-2H3. The summed E-state index contributed by atoms with van der Waals surface area (Å²) in [5.41, 5.74) is 2.71. The van der Waals surface area contributed by atoms with Gasteiger partial charge < -0.3 is 10.1 Å². The molecule has 0 amide bonds. The molecule has 2 unspecified atom stereocenters. The number of hydrogen-bond donors (Lipinski definition) is 1. The van der Waals surface area contributed by atoms with E-state index in [4.69, 9.17) is 4.74 Å². The lowest BCUT2D eigenvalue weighted by Gasteiger charge is -2.28. The molecule has 0 spiro atoms. The van der Waals surface area contributed by atoms with Crippen molar-refractivity contribution in [2.45, 2.75) is 38.8 Å². The molecule has 1 N–H and O–H groups in total. The summed E-state index contributed by atoms with van der Waals surface area (Å²) in [5, 5.41) is 3.45. The number of benzene rings is 1. The first-order chi connectivity index (χ1) is 7.79. The van der Waals surface area contributed by atoms with Gasteiger partial charge in [-0.25, -0.2) is 0 Å². The highest BCUT2D eigenvalue weighted by Gasteiger charge is 2.19. The molecule has 1 aliphatic heterocycles. The van der Waals surface area contributed by atoms with E-state index in [1.165, 1.54) is 24.0 Å². The summed E-state index contributed by atoms with van der Waals surface area (Å²) in [5.74, 6) is 0. The van der Waals surface area contributed by atoms with Gasteiger partial charge in [0.25, 0.3) is 0 Å². The minimum atomic E-state index is 0.229. The van der Waals surface area contributed by atoms with Gasteiger partial charge in [-0.2, -0.15) is 0 Å². The van der Waals surface area contributed by atoms with Crippen molar-refractivity contribution in [3.05, 3.63) is 35.4 Å². The molecule has 2 rings (SSSR count). The second-order valence-corrected chi connectivity index (χ2v) is 4.62. The molecule has 1 aliphatic rings. The van der Waals surface area contributed by atoms with Crippen LogP contribution in [0.1, 0.15) is 37.5 Å². The first kappa shape index (κ1) is 11.6. The lowest BCUT2D eigenvalue weighted by atomic mass is 10.0. The maximum Gasteiger partial charge on any atom is 0.0950 e. The predicted molar refractivity (Wildman–Crippen MR) is 66.6 cm³/mol. The van der Waals surface area contributed by atoms with Crippen LogP contribution in [0.5, 0.6) is 0 Å². The van der Waals surface area contributed by atoms with Crippen molar-refractivity contribution in [2.24, 2.45) is 0 Å².